The first-order valence-electron chi connectivity index (χ1n) is 6.93. The highest BCUT2D eigenvalue weighted by atomic mass is 35.5. The Labute approximate surface area is 141 Å². The zero-order valence-corrected chi connectivity index (χ0v) is 13.6. The SMILES string of the molecule is CCOC(=O)C1=NN(c2cc([N+](=O)[O-])ccc2Cl)C(C)(C(=O)O)C1. The van der Waals surface area contributed by atoms with Crippen LogP contribution in [0.15, 0.2) is 23.3 Å². The van der Waals surface area contributed by atoms with Crippen LogP contribution in [-0.4, -0.2) is 39.8 Å². The summed E-state index contributed by atoms with van der Waals surface area (Å²) < 4.78 is 4.84. The average molecular weight is 356 g/mol. The van der Waals surface area contributed by atoms with Gasteiger partial charge in [0.15, 0.2) is 5.54 Å². The van der Waals surface area contributed by atoms with Gasteiger partial charge in [-0.1, -0.05) is 11.6 Å². The van der Waals surface area contributed by atoms with Gasteiger partial charge in [-0.25, -0.2) is 14.6 Å². The number of hydrazone groups is 1. The van der Waals surface area contributed by atoms with Crippen molar-refractivity contribution in [3.05, 3.63) is 33.3 Å². The van der Waals surface area contributed by atoms with Crippen LogP contribution in [-0.2, 0) is 14.3 Å². The number of hydrogen-bond acceptors (Lipinski definition) is 7. The molecule has 1 aliphatic heterocycles. The molecule has 10 heteroatoms. The summed E-state index contributed by atoms with van der Waals surface area (Å²) >= 11 is 6.06. The number of nitro groups is 1. The maximum Gasteiger partial charge on any atom is 0.354 e. The predicted octanol–water partition coefficient (Wildman–Crippen LogP) is 2.22. The molecule has 0 saturated heterocycles. The second-order valence-electron chi connectivity index (χ2n) is 5.23. The third-order valence-electron chi connectivity index (χ3n) is 3.54. The summed E-state index contributed by atoms with van der Waals surface area (Å²) in [5, 5.41) is 25.6. The van der Waals surface area contributed by atoms with Gasteiger partial charge in [0.25, 0.3) is 5.69 Å². The third-order valence-corrected chi connectivity index (χ3v) is 3.86. The van der Waals surface area contributed by atoms with Gasteiger partial charge in [0.1, 0.15) is 5.71 Å². The van der Waals surface area contributed by atoms with E-state index in [9.17, 15) is 24.8 Å². The number of halogens is 1. The molecule has 2 rings (SSSR count). The normalized spacial score (nSPS) is 19.8. The zero-order valence-electron chi connectivity index (χ0n) is 12.9. The molecule has 0 saturated carbocycles. The molecule has 0 amide bonds. The van der Waals surface area contributed by atoms with Gasteiger partial charge in [-0.05, 0) is 19.9 Å². The summed E-state index contributed by atoms with van der Waals surface area (Å²) in [5.74, 6) is -2.00. The van der Waals surface area contributed by atoms with E-state index in [1.807, 2.05) is 0 Å². The molecule has 0 fully saturated rings. The maximum absolute atomic E-state index is 11.9. The molecule has 1 atom stereocenters. The Bertz CT molecular complexity index is 750. The first kappa shape index (κ1) is 17.7. The Balaban J connectivity index is 2.55. The van der Waals surface area contributed by atoms with Crippen molar-refractivity contribution in [2.45, 2.75) is 25.8 Å². The maximum atomic E-state index is 11.9. The fourth-order valence-electron chi connectivity index (χ4n) is 2.26. The molecule has 0 radical (unpaired) electrons. The van der Waals surface area contributed by atoms with E-state index in [0.29, 0.717) is 0 Å². The Morgan fingerprint density at radius 2 is 2.21 bits per heavy atom. The van der Waals surface area contributed by atoms with E-state index in [4.69, 9.17) is 16.3 Å². The molecule has 1 N–H and O–H groups in total. The number of esters is 1. The van der Waals surface area contributed by atoms with Crippen LogP contribution in [0.1, 0.15) is 20.3 Å². The minimum Gasteiger partial charge on any atom is -0.479 e. The molecule has 128 valence electrons. The number of nitrogens with zero attached hydrogens (tertiary/aromatic N) is 3. The zero-order chi connectivity index (χ0) is 18.1. The Morgan fingerprint density at radius 1 is 1.54 bits per heavy atom. The van der Waals surface area contributed by atoms with E-state index < -0.39 is 22.4 Å². The number of non-ortho nitro benzene ring substituents is 1. The molecule has 0 spiro atoms. The number of nitro benzene ring substituents is 1. The molecule has 0 bridgehead atoms. The summed E-state index contributed by atoms with van der Waals surface area (Å²) in [7, 11) is 0. The minimum absolute atomic E-state index is 0.0232. The molecule has 1 heterocycles. The second kappa shape index (κ2) is 6.44. The van der Waals surface area contributed by atoms with Crippen molar-refractivity contribution < 1.29 is 24.4 Å². The van der Waals surface area contributed by atoms with Gasteiger partial charge in [-0.2, -0.15) is 5.10 Å². The fraction of sp³-hybridized carbons (Fsp3) is 0.357. The molecule has 0 aromatic heterocycles. The molecule has 0 aliphatic carbocycles. The monoisotopic (exact) mass is 355 g/mol. The quantitative estimate of drug-likeness (QED) is 0.488. The van der Waals surface area contributed by atoms with E-state index in [1.54, 1.807) is 6.92 Å². The molecule has 1 unspecified atom stereocenters. The molecular weight excluding hydrogens is 342 g/mol. The summed E-state index contributed by atoms with van der Waals surface area (Å²) in [6.07, 6.45) is -0.222. The molecule has 1 aromatic carbocycles. The first-order valence-corrected chi connectivity index (χ1v) is 7.30. The van der Waals surface area contributed by atoms with Crippen LogP contribution in [0, 0.1) is 10.1 Å². The van der Waals surface area contributed by atoms with E-state index in [2.05, 4.69) is 5.10 Å². The van der Waals surface area contributed by atoms with Gasteiger partial charge in [0.2, 0.25) is 0 Å². The summed E-state index contributed by atoms with van der Waals surface area (Å²) in [4.78, 5) is 33.9. The van der Waals surface area contributed by atoms with Gasteiger partial charge >= 0.3 is 11.9 Å². The van der Waals surface area contributed by atoms with Crippen molar-refractivity contribution in [2.75, 3.05) is 11.6 Å². The molecule has 24 heavy (non-hydrogen) atoms. The third kappa shape index (κ3) is 3.02. The summed E-state index contributed by atoms with van der Waals surface area (Å²) in [6, 6.07) is 3.58. The Morgan fingerprint density at radius 3 is 2.75 bits per heavy atom. The number of carbonyl (C=O) groups excluding carboxylic acids is 1. The van der Waals surface area contributed by atoms with Crippen molar-refractivity contribution in [1.82, 2.24) is 0 Å². The number of hydrogen-bond donors (Lipinski definition) is 1. The summed E-state index contributed by atoms with van der Waals surface area (Å²) in [5.41, 5.74) is -1.97. The lowest BCUT2D eigenvalue weighted by atomic mass is 9.95. The minimum atomic E-state index is -1.62. The second-order valence-corrected chi connectivity index (χ2v) is 5.63. The van der Waals surface area contributed by atoms with Crippen LogP contribution in [0.4, 0.5) is 11.4 Å². The van der Waals surface area contributed by atoms with Crippen LogP contribution in [0.2, 0.25) is 5.02 Å². The van der Waals surface area contributed by atoms with Crippen molar-refractivity contribution in [1.29, 1.82) is 0 Å². The van der Waals surface area contributed by atoms with Crippen molar-refractivity contribution in [3.8, 4) is 0 Å². The highest BCUT2D eigenvalue weighted by Gasteiger charge is 2.48. The largest absolute Gasteiger partial charge is 0.479 e. The van der Waals surface area contributed by atoms with E-state index in [1.165, 1.54) is 19.1 Å². The summed E-state index contributed by atoms with van der Waals surface area (Å²) in [6.45, 7) is 3.07. The molecular formula is C14H14ClN3O6. The number of carbonyl (C=O) groups is 2. The van der Waals surface area contributed by atoms with Crippen LogP contribution >= 0.6 is 11.6 Å². The number of ether oxygens (including phenoxy) is 1. The predicted molar refractivity (Wildman–Crippen MR) is 85.3 cm³/mol. The van der Waals surface area contributed by atoms with E-state index >= 15 is 0 Å². The highest BCUT2D eigenvalue weighted by molar-refractivity contribution is 6.39. The van der Waals surface area contributed by atoms with Crippen molar-refractivity contribution in [2.24, 2.45) is 5.10 Å². The van der Waals surface area contributed by atoms with Crippen molar-refractivity contribution >= 4 is 40.6 Å². The number of benzene rings is 1. The number of rotatable bonds is 5. The topological polar surface area (TPSA) is 122 Å². The van der Waals surface area contributed by atoms with Crippen LogP contribution in [0.25, 0.3) is 0 Å². The van der Waals surface area contributed by atoms with Gasteiger partial charge in [0.05, 0.1) is 22.2 Å². The molecule has 9 nitrogen and oxygen atoms in total. The molecule has 1 aliphatic rings. The first-order chi connectivity index (χ1) is 11.2. The Hall–Kier alpha value is -2.68. The van der Waals surface area contributed by atoms with Crippen LogP contribution < -0.4 is 5.01 Å². The van der Waals surface area contributed by atoms with Crippen LogP contribution in [0.5, 0.6) is 0 Å². The average Bonchev–Trinajstić information content (AvgIpc) is 2.87. The lowest BCUT2D eigenvalue weighted by molar-refractivity contribution is -0.384. The molecule has 1 aromatic rings. The standard InChI is InChI=1S/C14H14ClN3O6/c1-3-24-12(19)10-7-14(2,13(20)21)17(16-10)11-6-8(18(22)23)4-5-9(11)15/h4-6H,3,7H2,1-2H3,(H,20,21). The van der Waals surface area contributed by atoms with Gasteiger partial charge < -0.3 is 9.84 Å². The number of aliphatic carboxylic acids is 1. The van der Waals surface area contributed by atoms with Crippen LogP contribution in [0.3, 0.4) is 0 Å². The highest BCUT2D eigenvalue weighted by Crippen LogP contribution is 2.39. The van der Waals surface area contributed by atoms with Gasteiger partial charge in [-0.15, -0.1) is 0 Å². The van der Waals surface area contributed by atoms with Gasteiger partial charge in [0, 0.05) is 18.6 Å². The lowest BCUT2D eigenvalue weighted by Gasteiger charge is -2.30. The lowest BCUT2D eigenvalue weighted by Crippen LogP contribution is -2.47. The number of carboxylic acid groups (broad SMARTS) is 1. The van der Waals surface area contributed by atoms with E-state index in [0.717, 1.165) is 11.1 Å². The van der Waals surface area contributed by atoms with Gasteiger partial charge in [-0.3, -0.25) is 10.1 Å². The Kier molecular flexibility index (Phi) is 4.74. The number of anilines is 1. The number of carboxylic acids is 1. The van der Waals surface area contributed by atoms with Crippen molar-refractivity contribution in [3.63, 3.8) is 0 Å². The fourth-order valence-corrected chi connectivity index (χ4v) is 2.46. The van der Waals surface area contributed by atoms with E-state index in [-0.39, 0.29) is 35.1 Å². The smallest absolute Gasteiger partial charge is 0.354 e.